The quantitative estimate of drug-likeness (QED) is 0.800. The third-order valence-electron chi connectivity index (χ3n) is 4.78. The Hall–Kier alpha value is -0.810. The van der Waals surface area contributed by atoms with Crippen LogP contribution in [0.4, 0.5) is 0 Å². The molecule has 1 fully saturated rings. The number of piperidine rings is 1. The molecule has 4 nitrogen and oxygen atoms in total. The summed E-state index contributed by atoms with van der Waals surface area (Å²) in [6.45, 7) is 6.99. The van der Waals surface area contributed by atoms with Crippen LogP contribution in [0.3, 0.4) is 0 Å². The van der Waals surface area contributed by atoms with Crippen LogP contribution in [0.15, 0.2) is 18.2 Å². The maximum absolute atomic E-state index is 10.3. The molecular formula is C18H28ClNO3. The lowest BCUT2D eigenvalue weighted by Gasteiger charge is -2.45. The average molecular weight is 342 g/mol. The molecule has 2 atom stereocenters. The van der Waals surface area contributed by atoms with E-state index in [4.69, 9.17) is 16.3 Å². The third-order valence-corrected chi connectivity index (χ3v) is 5.09. The summed E-state index contributed by atoms with van der Waals surface area (Å²) < 4.78 is 5.81. The van der Waals surface area contributed by atoms with Crippen LogP contribution in [-0.4, -0.2) is 54.1 Å². The highest BCUT2D eigenvalue weighted by molar-refractivity contribution is 6.32. The van der Waals surface area contributed by atoms with Gasteiger partial charge in [0.15, 0.2) is 0 Å². The van der Waals surface area contributed by atoms with Crippen molar-refractivity contribution in [3.05, 3.63) is 28.8 Å². The van der Waals surface area contributed by atoms with Gasteiger partial charge in [0.25, 0.3) is 0 Å². The predicted octanol–water partition coefficient (Wildman–Crippen LogP) is 2.87. The molecule has 1 aromatic carbocycles. The van der Waals surface area contributed by atoms with Crippen molar-refractivity contribution in [3.63, 3.8) is 0 Å². The number of halogens is 1. The van der Waals surface area contributed by atoms with Gasteiger partial charge in [0.2, 0.25) is 0 Å². The predicted molar refractivity (Wildman–Crippen MR) is 93.2 cm³/mol. The monoisotopic (exact) mass is 341 g/mol. The molecule has 5 heteroatoms. The van der Waals surface area contributed by atoms with Crippen LogP contribution >= 0.6 is 11.6 Å². The zero-order chi connectivity index (χ0) is 16.9. The summed E-state index contributed by atoms with van der Waals surface area (Å²) in [4.78, 5) is 2.27. The Labute approximate surface area is 144 Å². The van der Waals surface area contributed by atoms with E-state index >= 15 is 0 Å². The minimum absolute atomic E-state index is 0.0308. The van der Waals surface area contributed by atoms with Gasteiger partial charge in [0.05, 0.1) is 17.7 Å². The van der Waals surface area contributed by atoms with Gasteiger partial charge in [-0.15, -0.1) is 0 Å². The van der Waals surface area contributed by atoms with Crippen LogP contribution in [0, 0.1) is 12.3 Å². The summed E-state index contributed by atoms with van der Waals surface area (Å²) >= 11 is 6.14. The van der Waals surface area contributed by atoms with E-state index in [9.17, 15) is 10.2 Å². The summed E-state index contributed by atoms with van der Waals surface area (Å²) in [6.07, 6.45) is 2.08. The maximum Gasteiger partial charge on any atom is 0.138 e. The standard InChI is InChI=1S/C18H28ClNO3/c1-3-7-18(13-21)12-20(8-6-17(18)22)9-10-23-16-11-14(2)4-5-15(16)19/h4-5,11,17,21-22H,3,6-10,12-13H2,1-2H3/t17-,18+/m1/s1. The second kappa shape index (κ2) is 8.34. The molecule has 0 aliphatic carbocycles. The number of likely N-dealkylation sites (tertiary alicyclic amines) is 1. The first-order valence-corrected chi connectivity index (χ1v) is 8.79. The summed E-state index contributed by atoms with van der Waals surface area (Å²) in [5.41, 5.74) is 0.723. The van der Waals surface area contributed by atoms with Gasteiger partial charge in [-0.3, -0.25) is 4.90 Å². The van der Waals surface area contributed by atoms with Gasteiger partial charge in [0, 0.05) is 25.0 Å². The fourth-order valence-corrected chi connectivity index (χ4v) is 3.59. The number of rotatable bonds is 7. The fraction of sp³-hybridized carbons (Fsp3) is 0.667. The molecule has 0 bridgehead atoms. The third kappa shape index (κ3) is 4.60. The Balaban J connectivity index is 1.89. The van der Waals surface area contributed by atoms with E-state index in [1.807, 2.05) is 25.1 Å². The Morgan fingerprint density at radius 2 is 2.22 bits per heavy atom. The molecule has 1 aromatic rings. The van der Waals surface area contributed by atoms with E-state index in [1.165, 1.54) is 0 Å². The molecule has 1 heterocycles. The Morgan fingerprint density at radius 3 is 2.91 bits per heavy atom. The number of aliphatic hydroxyl groups excluding tert-OH is 2. The first-order chi connectivity index (χ1) is 11.0. The fourth-order valence-electron chi connectivity index (χ4n) is 3.42. The largest absolute Gasteiger partial charge is 0.491 e. The van der Waals surface area contributed by atoms with Crippen LogP contribution in [0.25, 0.3) is 0 Å². The second-order valence-electron chi connectivity index (χ2n) is 6.63. The van der Waals surface area contributed by atoms with Crippen molar-refractivity contribution >= 4 is 11.6 Å². The van der Waals surface area contributed by atoms with Gasteiger partial charge in [-0.25, -0.2) is 0 Å². The molecule has 2 rings (SSSR count). The van der Waals surface area contributed by atoms with Crippen LogP contribution in [0.2, 0.25) is 5.02 Å². The molecular weight excluding hydrogens is 314 g/mol. The summed E-state index contributed by atoms with van der Waals surface area (Å²) in [7, 11) is 0. The van der Waals surface area contributed by atoms with Gasteiger partial charge in [-0.1, -0.05) is 31.0 Å². The van der Waals surface area contributed by atoms with E-state index in [1.54, 1.807) is 0 Å². The number of hydrogen-bond donors (Lipinski definition) is 2. The minimum atomic E-state index is -0.421. The minimum Gasteiger partial charge on any atom is -0.491 e. The van der Waals surface area contributed by atoms with E-state index in [-0.39, 0.29) is 6.61 Å². The van der Waals surface area contributed by atoms with Gasteiger partial charge in [-0.2, -0.15) is 0 Å². The smallest absolute Gasteiger partial charge is 0.138 e. The highest BCUT2D eigenvalue weighted by Gasteiger charge is 2.41. The van der Waals surface area contributed by atoms with Crippen molar-refractivity contribution in [3.8, 4) is 5.75 Å². The zero-order valence-corrected chi connectivity index (χ0v) is 14.9. The van der Waals surface area contributed by atoms with Crippen molar-refractivity contribution < 1.29 is 14.9 Å². The molecule has 0 spiro atoms. The molecule has 1 saturated heterocycles. The molecule has 0 saturated carbocycles. The molecule has 0 radical (unpaired) electrons. The molecule has 0 unspecified atom stereocenters. The average Bonchev–Trinajstić information content (AvgIpc) is 2.54. The van der Waals surface area contributed by atoms with Crippen molar-refractivity contribution in [2.75, 3.05) is 32.8 Å². The van der Waals surface area contributed by atoms with Crippen molar-refractivity contribution in [1.29, 1.82) is 0 Å². The zero-order valence-electron chi connectivity index (χ0n) is 14.1. The van der Waals surface area contributed by atoms with E-state index in [2.05, 4.69) is 11.8 Å². The lowest BCUT2D eigenvalue weighted by molar-refractivity contribution is -0.0814. The Kier molecular flexibility index (Phi) is 6.72. The number of nitrogens with zero attached hydrogens (tertiary/aromatic N) is 1. The van der Waals surface area contributed by atoms with Crippen molar-refractivity contribution in [2.24, 2.45) is 5.41 Å². The van der Waals surface area contributed by atoms with E-state index in [0.29, 0.717) is 30.3 Å². The maximum atomic E-state index is 10.3. The van der Waals surface area contributed by atoms with Crippen LogP contribution in [-0.2, 0) is 0 Å². The highest BCUT2D eigenvalue weighted by atomic mass is 35.5. The van der Waals surface area contributed by atoms with Crippen molar-refractivity contribution in [2.45, 2.75) is 39.2 Å². The first-order valence-electron chi connectivity index (χ1n) is 8.41. The van der Waals surface area contributed by atoms with Crippen LogP contribution in [0.1, 0.15) is 31.7 Å². The number of hydrogen-bond acceptors (Lipinski definition) is 4. The van der Waals surface area contributed by atoms with Gasteiger partial charge < -0.3 is 14.9 Å². The Morgan fingerprint density at radius 1 is 1.43 bits per heavy atom. The number of ether oxygens (including phenoxy) is 1. The van der Waals surface area contributed by atoms with Crippen LogP contribution < -0.4 is 4.74 Å². The van der Waals surface area contributed by atoms with E-state index in [0.717, 1.165) is 31.5 Å². The topological polar surface area (TPSA) is 52.9 Å². The normalized spacial score (nSPS) is 25.5. The molecule has 1 aliphatic heterocycles. The van der Waals surface area contributed by atoms with Crippen LogP contribution in [0.5, 0.6) is 5.75 Å². The SMILES string of the molecule is CCC[C@@]1(CO)CN(CCOc2cc(C)ccc2Cl)CC[C@H]1O. The first kappa shape index (κ1) is 18.5. The number of aliphatic hydroxyl groups is 2. The second-order valence-corrected chi connectivity index (χ2v) is 7.04. The molecule has 0 amide bonds. The highest BCUT2D eigenvalue weighted by Crippen LogP contribution is 2.34. The summed E-state index contributed by atoms with van der Waals surface area (Å²) in [5.74, 6) is 0.714. The molecule has 2 N–H and O–H groups in total. The summed E-state index contributed by atoms with van der Waals surface area (Å²) in [6, 6.07) is 5.75. The van der Waals surface area contributed by atoms with Gasteiger partial charge in [-0.05, 0) is 37.5 Å². The summed E-state index contributed by atoms with van der Waals surface area (Å²) in [5, 5.41) is 20.7. The van der Waals surface area contributed by atoms with Gasteiger partial charge >= 0.3 is 0 Å². The number of aryl methyl sites for hydroxylation is 1. The number of benzene rings is 1. The molecule has 23 heavy (non-hydrogen) atoms. The lowest BCUT2D eigenvalue weighted by Crippen LogP contribution is -2.54. The Bertz CT molecular complexity index is 511. The van der Waals surface area contributed by atoms with Crippen molar-refractivity contribution in [1.82, 2.24) is 4.90 Å². The molecule has 1 aliphatic rings. The van der Waals surface area contributed by atoms with Gasteiger partial charge in [0.1, 0.15) is 12.4 Å². The lowest BCUT2D eigenvalue weighted by atomic mass is 9.74. The molecule has 130 valence electrons. The molecule has 0 aromatic heterocycles. The van der Waals surface area contributed by atoms with E-state index < -0.39 is 11.5 Å².